The molecule has 9 nitrogen and oxygen atoms in total. The highest BCUT2D eigenvalue weighted by atomic mass is 16.7. The minimum Gasteiger partial charge on any atom is -0.504 e. The van der Waals surface area contributed by atoms with Gasteiger partial charge < -0.3 is 29.2 Å². The molecule has 10 aliphatic rings. The van der Waals surface area contributed by atoms with Crippen molar-refractivity contribution in [2.45, 2.75) is 124 Å². The fraction of sp³-hybridized carbons (Fsp3) is 0.683. The Hall–Kier alpha value is -3.17. The highest BCUT2D eigenvalue weighted by Crippen LogP contribution is 2.66. The molecule has 0 radical (unpaired) electrons. The summed E-state index contributed by atoms with van der Waals surface area (Å²) in [5.74, 6) is 4.11. The second-order valence-corrected chi connectivity index (χ2v) is 17.9. The third kappa shape index (κ3) is 3.79. The quantitative estimate of drug-likeness (QED) is 0.379. The van der Waals surface area contributed by atoms with Crippen LogP contribution < -0.4 is 9.47 Å². The number of piperidine rings is 2. The summed E-state index contributed by atoms with van der Waals surface area (Å²) in [5.41, 5.74) is 4.42. The smallest absolute Gasteiger partial charge is 0.504 e. The molecule has 264 valence electrons. The zero-order valence-corrected chi connectivity index (χ0v) is 28.7. The number of hydrogen-bond donors (Lipinski definition) is 2. The molecule has 0 aromatic heterocycles. The molecule has 2 saturated heterocycles. The summed E-state index contributed by atoms with van der Waals surface area (Å²) >= 11 is 0. The lowest BCUT2D eigenvalue weighted by molar-refractivity contribution is -0.139. The standard InChI is InChI=1S/C41H48N2O7/c44-29-9-5-23-17-27-25-7-11-31(37-40(25,33(23)35(29)49-37)13-15-42(27)19-21-1-2-21)47-39(46)48-32-12-8-26-28-18-24-6-10-30(45)36-34(24)41(26,38(32)50-36)14-16-43(28)20-22-3-4-22/h5-6,9-10,21-22,25-28,31-32,37-38,44-45H,1-4,7-8,11-20H2/t25-,26-,27+,28?,31+,32+,37-,38-,40-,41-/m0/s1. The summed E-state index contributed by atoms with van der Waals surface area (Å²) in [5, 5.41) is 22.1. The number of ether oxygens (including phenoxy) is 4. The molecule has 4 aliphatic heterocycles. The molecule has 2 aromatic carbocycles. The number of phenolic OH excluding ortho intramolecular Hbond substituents is 2. The zero-order chi connectivity index (χ0) is 33.1. The van der Waals surface area contributed by atoms with Crippen LogP contribution in [0.1, 0.15) is 86.5 Å². The predicted octanol–water partition coefficient (Wildman–Crippen LogP) is 5.59. The summed E-state index contributed by atoms with van der Waals surface area (Å²) in [6, 6.07) is 8.71. The molecule has 9 heteroatoms. The molecule has 6 aliphatic carbocycles. The van der Waals surface area contributed by atoms with E-state index in [4.69, 9.17) is 18.9 Å². The molecule has 6 fully saturated rings. The van der Waals surface area contributed by atoms with Gasteiger partial charge in [0.2, 0.25) is 0 Å². The van der Waals surface area contributed by atoms with Crippen molar-refractivity contribution >= 4 is 6.16 Å². The van der Waals surface area contributed by atoms with E-state index in [1.165, 1.54) is 61.0 Å². The molecular weight excluding hydrogens is 632 g/mol. The van der Waals surface area contributed by atoms with E-state index in [2.05, 4.69) is 21.9 Å². The van der Waals surface area contributed by atoms with Crippen LogP contribution in [0, 0.1) is 23.7 Å². The summed E-state index contributed by atoms with van der Waals surface area (Å²) in [6.45, 7) is 4.40. The van der Waals surface area contributed by atoms with Crippen molar-refractivity contribution < 1.29 is 34.0 Å². The Kier molecular flexibility index (Phi) is 5.90. The minimum atomic E-state index is -0.644. The van der Waals surface area contributed by atoms with Gasteiger partial charge >= 0.3 is 6.16 Å². The van der Waals surface area contributed by atoms with Crippen molar-refractivity contribution in [2.24, 2.45) is 23.7 Å². The van der Waals surface area contributed by atoms with Crippen LogP contribution >= 0.6 is 0 Å². The maximum absolute atomic E-state index is 14.0. The number of nitrogens with zero attached hydrogens (tertiary/aromatic N) is 2. The van der Waals surface area contributed by atoms with Crippen LogP contribution in [-0.4, -0.2) is 88.8 Å². The Labute approximate surface area is 293 Å². The number of phenols is 2. The third-order valence-electron chi connectivity index (χ3n) is 15.6. The molecule has 50 heavy (non-hydrogen) atoms. The SMILES string of the molecule is O=C(O[C@@H]1CC[C@H]2C3Cc4ccc(O)c5c4[C@@]2(CCN3CC2CC2)[C@H]1O5)O[C@@H]1CC[C@H]2[C@H]3Cc4ccc(O)c5c4[C@@]2(CCN3CC2CC2)[C@H]1O5. The largest absolute Gasteiger partial charge is 0.509 e. The molecule has 4 bridgehead atoms. The van der Waals surface area contributed by atoms with E-state index in [9.17, 15) is 15.0 Å². The first-order valence-corrected chi connectivity index (χ1v) is 19.8. The van der Waals surface area contributed by atoms with Crippen LogP contribution in [0.2, 0.25) is 0 Å². The monoisotopic (exact) mass is 680 g/mol. The molecule has 2 aromatic rings. The zero-order valence-electron chi connectivity index (χ0n) is 28.7. The summed E-state index contributed by atoms with van der Waals surface area (Å²) in [7, 11) is 0. The molecular formula is C41H48N2O7. The molecule has 4 heterocycles. The van der Waals surface area contributed by atoms with E-state index in [0.29, 0.717) is 35.4 Å². The van der Waals surface area contributed by atoms with Crippen LogP contribution in [0.25, 0.3) is 0 Å². The normalized spacial score (nSPS) is 41.4. The summed E-state index contributed by atoms with van der Waals surface area (Å²) in [6.07, 6.45) is 10.4. The van der Waals surface area contributed by atoms with Crippen molar-refractivity contribution in [3.63, 3.8) is 0 Å². The molecule has 2 N–H and O–H groups in total. The van der Waals surface area contributed by atoms with Gasteiger partial charge in [-0.15, -0.1) is 0 Å². The fourth-order valence-electron chi connectivity index (χ4n) is 13.4. The number of carbonyl (C=O) groups excluding carboxylic acids is 1. The van der Waals surface area contributed by atoms with Crippen LogP contribution in [0.3, 0.4) is 0 Å². The van der Waals surface area contributed by atoms with Gasteiger partial charge in [0.25, 0.3) is 0 Å². The lowest BCUT2D eigenvalue weighted by atomic mass is 9.51. The number of hydrogen-bond acceptors (Lipinski definition) is 9. The van der Waals surface area contributed by atoms with Gasteiger partial charge in [0.05, 0.1) is 0 Å². The Bertz CT molecular complexity index is 1680. The molecule has 10 atom stereocenters. The van der Waals surface area contributed by atoms with Gasteiger partial charge in [-0.05, 0) is 137 Å². The van der Waals surface area contributed by atoms with Gasteiger partial charge in [-0.3, -0.25) is 9.80 Å². The topological polar surface area (TPSA) is 101 Å². The number of likely N-dealkylation sites (tertiary alicyclic amines) is 2. The van der Waals surface area contributed by atoms with Crippen LogP contribution in [0.15, 0.2) is 24.3 Å². The Morgan fingerprint density at radius 1 is 0.680 bits per heavy atom. The highest BCUT2D eigenvalue weighted by Gasteiger charge is 2.69. The minimum absolute atomic E-state index is 0.192. The Balaban J connectivity index is 0.826. The first-order valence-electron chi connectivity index (χ1n) is 19.8. The van der Waals surface area contributed by atoms with E-state index in [1.807, 2.05) is 0 Å². The van der Waals surface area contributed by atoms with Gasteiger partial charge in [0.1, 0.15) is 24.4 Å². The second kappa shape index (κ2) is 10.0. The third-order valence-corrected chi connectivity index (χ3v) is 15.6. The van der Waals surface area contributed by atoms with Gasteiger partial charge in [0, 0.05) is 47.1 Å². The van der Waals surface area contributed by atoms with E-state index in [1.54, 1.807) is 12.1 Å². The summed E-state index contributed by atoms with van der Waals surface area (Å²) < 4.78 is 26.2. The number of aromatic hydroxyl groups is 2. The van der Waals surface area contributed by atoms with Gasteiger partial charge in [0.15, 0.2) is 23.0 Å². The predicted molar refractivity (Wildman–Crippen MR) is 182 cm³/mol. The van der Waals surface area contributed by atoms with Crippen LogP contribution in [0.5, 0.6) is 23.0 Å². The number of rotatable bonds is 6. The van der Waals surface area contributed by atoms with Crippen LogP contribution in [0.4, 0.5) is 4.79 Å². The van der Waals surface area contributed by atoms with Crippen molar-refractivity contribution in [3.05, 3.63) is 46.5 Å². The van der Waals surface area contributed by atoms with Crippen molar-refractivity contribution in [3.8, 4) is 23.0 Å². The van der Waals surface area contributed by atoms with Gasteiger partial charge in [-0.25, -0.2) is 4.79 Å². The number of carbonyl (C=O) groups is 1. The lowest BCUT2D eigenvalue weighted by Crippen LogP contribution is -2.68. The first-order chi connectivity index (χ1) is 24.4. The van der Waals surface area contributed by atoms with E-state index < -0.39 is 18.4 Å². The Morgan fingerprint density at radius 2 is 1.14 bits per heavy atom. The van der Waals surface area contributed by atoms with E-state index in [0.717, 1.165) is 76.3 Å². The highest BCUT2D eigenvalue weighted by molar-refractivity contribution is 5.64. The van der Waals surface area contributed by atoms with Crippen molar-refractivity contribution in [1.29, 1.82) is 0 Å². The molecule has 1 unspecified atom stereocenters. The average Bonchev–Trinajstić information content (AvgIpc) is 4.04. The molecule has 12 rings (SSSR count). The molecule has 4 saturated carbocycles. The van der Waals surface area contributed by atoms with E-state index in [-0.39, 0.29) is 34.5 Å². The number of benzene rings is 2. The Morgan fingerprint density at radius 3 is 1.58 bits per heavy atom. The van der Waals surface area contributed by atoms with E-state index >= 15 is 0 Å². The van der Waals surface area contributed by atoms with Crippen LogP contribution in [-0.2, 0) is 33.1 Å². The van der Waals surface area contributed by atoms with Gasteiger partial charge in [-0.1, -0.05) is 12.1 Å². The average molecular weight is 681 g/mol. The van der Waals surface area contributed by atoms with Gasteiger partial charge in [-0.2, -0.15) is 0 Å². The summed E-state index contributed by atoms with van der Waals surface area (Å²) in [4.78, 5) is 19.5. The maximum Gasteiger partial charge on any atom is 0.509 e. The van der Waals surface area contributed by atoms with Crippen molar-refractivity contribution in [1.82, 2.24) is 9.80 Å². The molecule has 0 amide bonds. The van der Waals surface area contributed by atoms with Crippen molar-refractivity contribution in [2.75, 3.05) is 26.2 Å². The molecule has 2 spiro atoms. The fourth-order valence-corrected chi connectivity index (χ4v) is 13.4. The lowest BCUT2D eigenvalue weighted by Gasteiger charge is -2.59. The first kappa shape index (κ1) is 29.4. The maximum atomic E-state index is 14.0. The second-order valence-electron chi connectivity index (χ2n) is 17.9.